The number of rotatable bonds is 1. The molecule has 0 heterocycles. The number of sulfonamides is 1. The van der Waals surface area contributed by atoms with E-state index in [-0.39, 0.29) is 17.0 Å². The van der Waals surface area contributed by atoms with Crippen LogP contribution in [0.2, 0.25) is 0 Å². The first kappa shape index (κ1) is 11.7. The molecule has 0 aliphatic heterocycles. The topological polar surface area (TPSA) is 86.2 Å². The minimum Gasteiger partial charge on any atom is -0.320 e. The standard InChI is InChI=1S/C9H9FN2O2S/c10-9-6-8(15(12,13)14)4-3-7(9)2-1-5-11/h3-4,6H,5,11H2,(H2,12,13,14). The monoisotopic (exact) mass is 228 g/mol. The first-order valence-corrected chi connectivity index (χ1v) is 5.51. The van der Waals surface area contributed by atoms with E-state index in [2.05, 4.69) is 11.8 Å². The minimum absolute atomic E-state index is 0.0906. The molecule has 1 rings (SSSR count). The van der Waals surface area contributed by atoms with Gasteiger partial charge in [-0.3, -0.25) is 0 Å². The maximum Gasteiger partial charge on any atom is 0.238 e. The fraction of sp³-hybridized carbons (Fsp3) is 0.111. The summed E-state index contributed by atoms with van der Waals surface area (Å²) in [6.07, 6.45) is 0. The Labute approximate surface area is 87.1 Å². The summed E-state index contributed by atoms with van der Waals surface area (Å²) in [7, 11) is -3.88. The molecular weight excluding hydrogens is 219 g/mol. The van der Waals surface area contributed by atoms with E-state index in [1.54, 1.807) is 0 Å². The fourth-order valence-corrected chi connectivity index (χ4v) is 1.45. The Kier molecular flexibility index (Phi) is 3.42. The summed E-state index contributed by atoms with van der Waals surface area (Å²) in [5, 5.41) is 4.83. The Hall–Kier alpha value is -1.42. The summed E-state index contributed by atoms with van der Waals surface area (Å²) < 4.78 is 35.0. The van der Waals surface area contributed by atoms with Crippen molar-refractivity contribution in [1.29, 1.82) is 0 Å². The summed E-state index contributed by atoms with van der Waals surface area (Å²) in [6.45, 7) is 0.108. The lowest BCUT2D eigenvalue weighted by atomic mass is 10.2. The second-order valence-corrected chi connectivity index (χ2v) is 4.25. The Morgan fingerprint density at radius 2 is 2.07 bits per heavy atom. The molecule has 0 fully saturated rings. The van der Waals surface area contributed by atoms with E-state index >= 15 is 0 Å². The lowest BCUT2D eigenvalue weighted by molar-refractivity contribution is 0.591. The zero-order valence-corrected chi connectivity index (χ0v) is 8.51. The van der Waals surface area contributed by atoms with E-state index in [1.807, 2.05) is 0 Å². The van der Waals surface area contributed by atoms with Gasteiger partial charge in [-0.05, 0) is 18.2 Å². The Balaban J connectivity index is 3.21. The highest BCUT2D eigenvalue weighted by Gasteiger charge is 2.10. The van der Waals surface area contributed by atoms with Crippen molar-refractivity contribution in [3.05, 3.63) is 29.6 Å². The van der Waals surface area contributed by atoms with Gasteiger partial charge in [0.15, 0.2) is 0 Å². The fourth-order valence-electron chi connectivity index (χ4n) is 0.920. The Bertz CT molecular complexity index is 529. The lowest BCUT2D eigenvalue weighted by Gasteiger charge is -1.99. The van der Waals surface area contributed by atoms with Crippen LogP contribution in [0.1, 0.15) is 5.56 Å². The van der Waals surface area contributed by atoms with Crippen molar-refractivity contribution in [3.8, 4) is 11.8 Å². The van der Waals surface area contributed by atoms with Gasteiger partial charge >= 0.3 is 0 Å². The van der Waals surface area contributed by atoms with E-state index in [9.17, 15) is 12.8 Å². The molecule has 4 nitrogen and oxygen atoms in total. The predicted octanol–water partition coefficient (Wildman–Crippen LogP) is -0.217. The van der Waals surface area contributed by atoms with Gasteiger partial charge in [0.05, 0.1) is 17.0 Å². The molecule has 0 unspecified atom stereocenters. The van der Waals surface area contributed by atoms with Crippen molar-refractivity contribution in [2.75, 3.05) is 6.54 Å². The third kappa shape index (κ3) is 3.02. The molecule has 0 aromatic heterocycles. The van der Waals surface area contributed by atoms with Crippen LogP contribution in [0.15, 0.2) is 23.1 Å². The summed E-state index contributed by atoms with van der Waals surface area (Å²) in [6, 6.07) is 3.27. The third-order valence-corrected chi connectivity index (χ3v) is 2.51. The first-order chi connectivity index (χ1) is 6.95. The molecule has 6 heteroatoms. The van der Waals surface area contributed by atoms with Crippen molar-refractivity contribution in [2.24, 2.45) is 10.9 Å². The van der Waals surface area contributed by atoms with Crippen LogP contribution in [-0.2, 0) is 10.0 Å². The van der Waals surface area contributed by atoms with Crippen molar-refractivity contribution in [1.82, 2.24) is 0 Å². The molecule has 0 atom stereocenters. The molecule has 0 aliphatic carbocycles. The number of primary sulfonamides is 1. The summed E-state index contributed by atoms with van der Waals surface area (Å²) >= 11 is 0. The summed E-state index contributed by atoms with van der Waals surface area (Å²) in [5.41, 5.74) is 5.20. The van der Waals surface area contributed by atoms with Crippen LogP contribution in [-0.4, -0.2) is 15.0 Å². The Morgan fingerprint density at radius 3 is 2.53 bits per heavy atom. The van der Waals surface area contributed by atoms with Crippen LogP contribution in [0.4, 0.5) is 4.39 Å². The van der Waals surface area contributed by atoms with E-state index in [0.29, 0.717) is 0 Å². The second-order valence-electron chi connectivity index (χ2n) is 2.69. The average molecular weight is 228 g/mol. The molecule has 1 aromatic rings. The van der Waals surface area contributed by atoms with Crippen LogP contribution in [0.5, 0.6) is 0 Å². The van der Waals surface area contributed by atoms with Gasteiger partial charge < -0.3 is 5.73 Å². The molecule has 0 radical (unpaired) electrons. The number of nitrogens with two attached hydrogens (primary N) is 2. The van der Waals surface area contributed by atoms with E-state index in [4.69, 9.17) is 10.9 Å². The van der Waals surface area contributed by atoms with Crippen LogP contribution in [0.3, 0.4) is 0 Å². The SMILES string of the molecule is NCC#Cc1ccc(S(N)(=O)=O)cc1F. The third-order valence-electron chi connectivity index (χ3n) is 1.59. The quantitative estimate of drug-likeness (QED) is 0.652. The molecule has 4 N–H and O–H groups in total. The van der Waals surface area contributed by atoms with Crippen LogP contribution < -0.4 is 10.9 Å². The normalized spacial score (nSPS) is 10.6. The van der Waals surface area contributed by atoms with Crippen molar-refractivity contribution in [3.63, 3.8) is 0 Å². The largest absolute Gasteiger partial charge is 0.320 e. The van der Waals surface area contributed by atoms with Gasteiger partial charge in [0, 0.05) is 0 Å². The van der Waals surface area contributed by atoms with Gasteiger partial charge in [0.2, 0.25) is 10.0 Å². The highest BCUT2D eigenvalue weighted by Crippen LogP contribution is 2.12. The number of hydrogen-bond acceptors (Lipinski definition) is 3. The maximum atomic E-state index is 13.2. The molecule has 0 aliphatic rings. The molecule has 15 heavy (non-hydrogen) atoms. The van der Waals surface area contributed by atoms with Crippen LogP contribution in [0.25, 0.3) is 0 Å². The number of halogens is 1. The zero-order valence-electron chi connectivity index (χ0n) is 7.70. The maximum absolute atomic E-state index is 13.2. The van der Waals surface area contributed by atoms with Crippen LogP contribution in [0, 0.1) is 17.7 Å². The number of benzene rings is 1. The van der Waals surface area contributed by atoms with Gasteiger partial charge in [-0.15, -0.1) is 0 Å². The molecule has 0 saturated heterocycles. The molecule has 1 aromatic carbocycles. The van der Waals surface area contributed by atoms with Gasteiger partial charge in [-0.25, -0.2) is 17.9 Å². The Morgan fingerprint density at radius 1 is 1.40 bits per heavy atom. The first-order valence-electron chi connectivity index (χ1n) is 3.96. The molecular formula is C9H9FN2O2S. The molecule has 0 bridgehead atoms. The smallest absolute Gasteiger partial charge is 0.238 e. The van der Waals surface area contributed by atoms with Crippen LogP contribution >= 0.6 is 0 Å². The average Bonchev–Trinajstić information content (AvgIpc) is 2.14. The molecule has 0 amide bonds. The molecule has 80 valence electrons. The number of hydrogen-bond donors (Lipinski definition) is 2. The van der Waals surface area contributed by atoms with Crippen molar-refractivity contribution < 1.29 is 12.8 Å². The van der Waals surface area contributed by atoms with Gasteiger partial charge in [0.25, 0.3) is 0 Å². The van der Waals surface area contributed by atoms with E-state index in [1.165, 1.54) is 12.1 Å². The molecule has 0 spiro atoms. The highest BCUT2D eigenvalue weighted by molar-refractivity contribution is 7.89. The second kappa shape index (κ2) is 4.40. The zero-order chi connectivity index (χ0) is 11.5. The lowest BCUT2D eigenvalue weighted by Crippen LogP contribution is -2.12. The minimum atomic E-state index is -3.88. The van der Waals surface area contributed by atoms with Crippen molar-refractivity contribution >= 4 is 10.0 Å². The van der Waals surface area contributed by atoms with Crippen molar-refractivity contribution in [2.45, 2.75) is 4.90 Å². The highest BCUT2D eigenvalue weighted by atomic mass is 32.2. The van der Waals surface area contributed by atoms with E-state index in [0.717, 1.165) is 6.07 Å². The predicted molar refractivity (Wildman–Crippen MR) is 53.7 cm³/mol. The summed E-state index contributed by atoms with van der Waals surface area (Å²) in [4.78, 5) is -0.279. The van der Waals surface area contributed by atoms with Gasteiger partial charge in [-0.2, -0.15) is 0 Å². The summed E-state index contributed by atoms with van der Waals surface area (Å²) in [5.74, 6) is 4.19. The van der Waals surface area contributed by atoms with Gasteiger partial charge in [0.1, 0.15) is 5.82 Å². The van der Waals surface area contributed by atoms with Gasteiger partial charge in [-0.1, -0.05) is 11.8 Å². The van der Waals surface area contributed by atoms with E-state index < -0.39 is 15.8 Å². The molecule has 0 saturated carbocycles.